The predicted octanol–water partition coefficient (Wildman–Crippen LogP) is 4.51. The smallest absolute Gasteiger partial charge is 0.134 e. The summed E-state index contributed by atoms with van der Waals surface area (Å²) in [4.78, 5) is 0. The molecule has 2 aromatic rings. The molecule has 0 heterocycles. The third-order valence-corrected chi connectivity index (χ3v) is 2.56. The van der Waals surface area contributed by atoms with Gasteiger partial charge in [-0.15, -0.1) is 0 Å². The van der Waals surface area contributed by atoms with Crippen LogP contribution in [0.1, 0.15) is 0 Å². The van der Waals surface area contributed by atoms with E-state index < -0.39 is 5.82 Å². The molecule has 0 fully saturated rings. The van der Waals surface area contributed by atoms with Crippen LogP contribution in [0.25, 0.3) is 11.1 Å². The normalized spacial score (nSPS) is 10.4. The van der Waals surface area contributed by atoms with Crippen molar-refractivity contribution in [1.29, 1.82) is 0 Å². The van der Waals surface area contributed by atoms with E-state index in [9.17, 15) is 4.39 Å². The average Bonchev–Trinajstić information content (AvgIpc) is 2.15. The summed E-state index contributed by atoms with van der Waals surface area (Å²) in [6.07, 6.45) is 0. The Kier molecular flexibility index (Phi) is 3.03. The molecule has 1 N–H and O–H groups in total. The minimum Gasteiger partial charge on any atom is -0.508 e. The maximum absolute atomic E-state index is 13.6. The Labute approximate surface area is 102 Å². The maximum Gasteiger partial charge on any atom is 0.134 e. The predicted molar refractivity (Wildman–Crippen MR) is 63.5 cm³/mol. The summed E-state index contributed by atoms with van der Waals surface area (Å²) < 4.78 is 13.6. The summed E-state index contributed by atoms with van der Waals surface area (Å²) in [5.74, 6) is -0.632. The Morgan fingerprint density at radius 2 is 1.56 bits per heavy atom. The SMILES string of the molecule is Oc1ccc(-c2cc(Cl)cc(Cl)c2)c(F)c1. The van der Waals surface area contributed by atoms with E-state index in [2.05, 4.69) is 0 Å². The van der Waals surface area contributed by atoms with Gasteiger partial charge in [0.2, 0.25) is 0 Å². The number of aromatic hydroxyl groups is 1. The van der Waals surface area contributed by atoms with E-state index in [1.807, 2.05) is 0 Å². The van der Waals surface area contributed by atoms with Crippen molar-refractivity contribution >= 4 is 23.2 Å². The zero-order valence-electron chi connectivity index (χ0n) is 8.05. The van der Waals surface area contributed by atoms with Crippen LogP contribution < -0.4 is 0 Å². The third kappa shape index (κ3) is 2.29. The first-order valence-electron chi connectivity index (χ1n) is 4.51. The molecule has 82 valence electrons. The Balaban J connectivity index is 2.58. The number of hydrogen-bond donors (Lipinski definition) is 1. The molecule has 0 radical (unpaired) electrons. The van der Waals surface area contributed by atoms with Crippen molar-refractivity contribution < 1.29 is 9.50 Å². The highest BCUT2D eigenvalue weighted by Gasteiger charge is 2.07. The molecule has 1 nitrogen and oxygen atoms in total. The highest BCUT2D eigenvalue weighted by Crippen LogP contribution is 2.30. The standard InChI is InChI=1S/C12H7Cl2FO/c13-8-3-7(4-9(14)5-8)11-2-1-10(16)6-12(11)15/h1-6,16H. The summed E-state index contributed by atoms with van der Waals surface area (Å²) in [5.41, 5.74) is 0.928. The second-order valence-corrected chi connectivity index (χ2v) is 4.20. The van der Waals surface area contributed by atoms with Crippen LogP contribution in [0.3, 0.4) is 0 Å². The van der Waals surface area contributed by atoms with Gasteiger partial charge in [-0.1, -0.05) is 23.2 Å². The van der Waals surface area contributed by atoms with Crippen LogP contribution in [0.15, 0.2) is 36.4 Å². The van der Waals surface area contributed by atoms with Gasteiger partial charge < -0.3 is 5.11 Å². The summed E-state index contributed by atoms with van der Waals surface area (Å²) in [7, 11) is 0. The van der Waals surface area contributed by atoms with Gasteiger partial charge in [-0.05, 0) is 35.9 Å². The zero-order valence-corrected chi connectivity index (χ0v) is 9.56. The number of hydrogen-bond acceptors (Lipinski definition) is 1. The second-order valence-electron chi connectivity index (χ2n) is 3.32. The van der Waals surface area contributed by atoms with Crippen molar-refractivity contribution in [3.63, 3.8) is 0 Å². The number of rotatable bonds is 1. The van der Waals surface area contributed by atoms with Gasteiger partial charge in [0.1, 0.15) is 11.6 Å². The molecule has 0 aliphatic carbocycles. The first-order chi connectivity index (χ1) is 7.56. The summed E-state index contributed by atoms with van der Waals surface area (Å²) in [5, 5.41) is 9.98. The van der Waals surface area contributed by atoms with Crippen LogP contribution in [0.5, 0.6) is 5.75 Å². The molecule has 0 aliphatic rings. The van der Waals surface area contributed by atoms with E-state index in [4.69, 9.17) is 28.3 Å². The molecule has 0 bridgehead atoms. The van der Waals surface area contributed by atoms with Gasteiger partial charge in [-0.25, -0.2) is 4.39 Å². The first-order valence-corrected chi connectivity index (χ1v) is 5.27. The minimum absolute atomic E-state index is 0.116. The Bertz CT molecular complexity index is 520. The quantitative estimate of drug-likeness (QED) is 0.797. The minimum atomic E-state index is -0.515. The van der Waals surface area contributed by atoms with Crippen LogP contribution in [0, 0.1) is 5.82 Å². The van der Waals surface area contributed by atoms with E-state index in [1.54, 1.807) is 18.2 Å². The van der Waals surface area contributed by atoms with E-state index in [0.29, 0.717) is 21.2 Å². The molecular weight excluding hydrogens is 250 g/mol. The van der Waals surface area contributed by atoms with E-state index in [-0.39, 0.29) is 5.75 Å². The summed E-state index contributed by atoms with van der Waals surface area (Å²) in [6, 6.07) is 8.74. The van der Waals surface area contributed by atoms with Crippen LogP contribution >= 0.6 is 23.2 Å². The lowest BCUT2D eigenvalue weighted by Gasteiger charge is -2.05. The second kappa shape index (κ2) is 4.32. The molecule has 4 heteroatoms. The first kappa shape index (κ1) is 11.2. The van der Waals surface area contributed by atoms with E-state index in [1.165, 1.54) is 12.1 Å². The molecule has 0 saturated heterocycles. The fraction of sp³-hybridized carbons (Fsp3) is 0. The van der Waals surface area contributed by atoms with Crippen molar-refractivity contribution in [3.05, 3.63) is 52.3 Å². The number of halogens is 3. The monoisotopic (exact) mass is 256 g/mol. The molecule has 0 unspecified atom stereocenters. The molecule has 2 rings (SSSR count). The van der Waals surface area contributed by atoms with Gasteiger partial charge in [0.25, 0.3) is 0 Å². The largest absolute Gasteiger partial charge is 0.508 e. The van der Waals surface area contributed by atoms with Crippen molar-refractivity contribution in [3.8, 4) is 16.9 Å². The number of phenolic OH excluding ortho intramolecular Hbond substituents is 1. The van der Waals surface area contributed by atoms with Crippen LogP contribution in [-0.2, 0) is 0 Å². The van der Waals surface area contributed by atoms with Crippen molar-refractivity contribution in [2.24, 2.45) is 0 Å². The highest BCUT2D eigenvalue weighted by molar-refractivity contribution is 6.35. The average molecular weight is 257 g/mol. The van der Waals surface area contributed by atoms with Crippen LogP contribution in [-0.4, -0.2) is 5.11 Å². The highest BCUT2D eigenvalue weighted by atomic mass is 35.5. The molecule has 0 aromatic heterocycles. The third-order valence-electron chi connectivity index (χ3n) is 2.13. The lowest BCUT2D eigenvalue weighted by molar-refractivity contribution is 0.469. The lowest BCUT2D eigenvalue weighted by Crippen LogP contribution is -1.84. The van der Waals surface area contributed by atoms with Gasteiger partial charge in [-0.2, -0.15) is 0 Å². The van der Waals surface area contributed by atoms with Gasteiger partial charge >= 0.3 is 0 Å². The molecule has 0 amide bonds. The van der Waals surface area contributed by atoms with Crippen molar-refractivity contribution in [1.82, 2.24) is 0 Å². The molecule has 0 spiro atoms. The van der Waals surface area contributed by atoms with E-state index >= 15 is 0 Å². The Morgan fingerprint density at radius 3 is 2.12 bits per heavy atom. The van der Waals surface area contributed by atoms with E-state index in [0.717, 1.165) is 6.07 Å². The summed E-state index contributed by atoms with van der Waals surface area (Å²) >= 11 is 11.7. The maximum atomic E-state index is 13.6. The van der Waals surface area contributed by atoms with Gasteiger partial charge in [-0.3, -0.25) is 0 Å². The topological polar surface area (TPSA) is 20.2 Å². The number of phenols is 1. The zero-order chi connectivity index (χ0) is 11.7. The Morgan fingerprint density at radius 1 is 0.938 bits per heavy atom. The van der Waals surface area contributed by atoms with Crippen molar-refractivity contribution in [2.45, 2.75) is 0 Å². The molecule has 2 aromatic carbocycles. The molecule has 0 saturated carbocycles. The Hall–Kier alpha value is -1.25. The van der Waals surface area contributed by atoms with Gasteiger partial charge in [0, 0.05) is 21.7 Å². The van der Waals surface area contributed by atoms with Gasteiger partial charge in [0.05, 0.1) is 0 Å². The fourth-order valence-corrected chi connectivity index (χ4v) is 1.97. The lowest BCUT2D eigenvalue weighted by atomic mass is 10.1. The molecule has 0 atom stereocenters. The number of benzene rings is 2. The molecular formula is C12H7Cl2FO. The molecule has 16 heavy (non-hydrogen) atoms. The summed E-state index contributed by atoms with van der Waals surface area (Å²) in [6.45, 7) is 0. The van der Waals surface area contributed by atoms with Crippen LogP contribution in [0.2, 0.25) is 10.0 Å². The van der Waals surface area contributed by atoms with Crippen LogP contribution in [0.4, 0.5) is 4.39 Å². The fourth-order valence-electron chi connectivity index (χ4n) is 1.45. The van der Waals surface area contributed by atoms with Gasteiger partial charge in [0.15, 0.2) is 0 Å². The van der Waals surface area contributed by atoms with Crippen molar-refractivity contribution in [2.75, 3.05) is 0 Å². The molecule has 0 aliphatic heterocycles.